The molecule has 0 atom stereocenters. The van der Waals surface area contributed by atoms with Crippen molar-refractivity contribution in [2.24, 2.45) is 0 Å². The lowest BCUT2D eigenvalue weighted by Crippen LogP contribution is -1.96. The molecule has 0 saturated heterocycles. The Balaban J connectivity index is 1.20. The molecule has 0 saturated carbocycles. The maximum atomic E-state index is 6.76. The summed E-state index contributed by atoms with van der Waals surface area (Å²) in [5.74, 6) is 0.665. The Kier molecular flexibility index (Phi) is 6.64. The molecule has 6 aromatic carbocycles. The molecule has 4 nitrogen and oxygen atoms in total. The fraction of sp³-hybridized carbons (Fsp3) is 0. The number of nitrogens with zero attached hydrogens (tertiary/aromatic N) is 3. The molecule has 0 N–H and O–H groups in total. The molecule has 0 bridgehead atoms. The van der Waals surface area contributed by atoms with Crippen molar-refractivity contribution in [2.45, 2.75) is 0 Å². The van der Waals surface area contributed by atoms with Gasteiger partial charge in [0.15, 0.2) is 5.82 Å². The van der Waals surface area contributed by atoms with Gasteiger partial charge in [-0.3, -0.25) is 4.98 Å². The van der Waals surface area contributed by atoms with Gasteiger partial charge in [-0.1, -0.05) is 121 Å². The first-order valence-corrected chi connectivity index (χ1v) is 17.4. The van der Waals surface area contributed by atoms with Gasteiger partial charge < -0.3 is 4.42 Å². The molecule has 0 radical (unpaired) electrons. The average molecular weight is 658 g/mol. The van der Waals surface area contributed by atoms with E-state index in [0.717, 1.165) is 66.7 Å². The lowest BCUT2D eigenvalue weighted by Gasteiger charge is -2.12. The molecule has 0 unspecified atom stereocenters. The fourth-order valence-corrected chi connectivity index (χ4v) is 8.26. The predicted molar refractivity (Wildman–Crippen MR) is 207 cm³/mol. The van der Waals surface area contributed by atoms with Crippen molar-refractivity contribution in [3.63, 3.8) is 0 Å². The van der Waals surface area contributed by atoms with Gasteiger partial charge in [-0.2, -0.15) is 0 Å². The minimum atomic E-state index is 0.665. The summed E-state index contributed by atoms with van der Waals surface area (Å²) in [6, 6.07) is 52.8. The van der Waals surface area contributed by atoms with Crippen LogP contribution in [0.3, 0.4) is 0 Å². The van der Waals surface area contributed by atoms with Crippen LogP contribution in [0, 0.1) is 0 Å². The quantitative estimate of drug-likeness (QED) is 0.185. The Labute approximate surface area is 292 Å². The minimum absolute atomic E-state index is 0.665. The van der Waals surface area contributed by atoms with Crippen LogP contribution in [-0.4, -0.2) is 15.0 Å². The number of hydrogen-bond acceptors (Lipinski definition) is 5. The molecule has 0 aliphatic rings. The maximum absolute atomic E-state index is 6.76. The standard InChI is InChI=1S/C45H27N3OS/c1-2-10-30(11-3-1)45-47-38(29-21-19-28(20-22-29)31-12-9-25-46-27-31)26-39(48-45)36-24-23-33(42-37-14-4-6-17-40(37)49-43(36)42)35-16-8-15-34-32-13-5-7-18-41(32)50-44(34)35/h1-27H. The Bertz CT molecular complexity index is 2860. The van der Waals surface area contributed by atoms with Crippen molar-refractivity contribution in [1.29, 1.82) is 0 Å². The van der Waals surface area contributed by atoms with Crippen LogP contribution in [0.15, 0.2) is 168 Å². The molecule has 0 aliphatic heterocycles. The Morgan fingerprint density at radius 2 is 1.20 bits per heavy atom. The van der Waals surface area contributed by atoms with Gasteiger partial charge in [-0.25, -0.2) is 9.97 Å². The van der Waals surface area contributed by atoms with Crippen molar-refractivity contribution < 1.29 is 4.42 Å². The van der Waals surface area contributed by atoms with Gasteiger partial charge in [0.2, 0.25) is 0 Å². The summed E-state index contributed by atoms with van der Waals surface area (Å²) in [5.41, 5.74) is 10.7. The maximum Gasteiger partial charge on any atom is 0.160 e. The molecule has 50 heavy (non-hydrogen) atoms. The van der Waals surface area contributed by atoms with Crippen molar-refractivity contribution in [1.82, 2.24) is 15.0 Å². The van der Waals surface area contributed by atoms with Crippen molar-refractivity contribution in [3.8, 4) is 56.2 Å². The molecule has 10 aromatic rings. The lowest BCUT2D eigenvalue weighted by molar-refractivity contribution is 0.670. The zero-order chi connectivity index (χ0) is 33.0. The largest absolute Gasteiger partial charge is 0.455 e. The highest BCUT2D eigenvalue weighted by Crippen LogP contribution is 2.46. The predicted octanol–water partition coefficient (Wildman–Crippen LogP) is 12.5. The number of thiophene rings is 1. The number of hydrogen-bond donors (Lipinski definition) is 0. The zero-order valence-corrected chi connectivity index (χ0v) is 27.6. The highest BCUT2D eigenvalue weighted by Gasteiger charge is 2.21. The Morgan fingerprint density at radius 3 is 2.06 bits per heavy atom. The SMILES string of the molecule is c1ccc(-c2nc(-c3ccc(-c4cccnc4)cc3)cc(-c3ccc(-c4cccc5c4sc4ccccc45)c4c3oc3ccccc34)n2)cc1. The second kappa shape index (κ2) is 11.6. The van der Waals surface area contributed by atoms with Crippen molar-refractivity contribution in [3.05, 3.63) is 164 Å². The molecule has 4 heterocycles. The first-order valence-electron chi connectivity index (χ1n) is 16.6. The van der Waals surface area contributed by atoms with Gasteiger partial charge in [0.05, 0.1) is 11.4 Å². The summed E-state index contributed by atoms with van der Waals surface area (Å²) in [4.78, 5) is 14.6. The summed E-state index contributed by atoms with van der Waals surface area (Å²) < 4.78 is 9.33. The number of fused-ring (bicyclic) bond motifs is 6. The highest BCUT2D eigenvalue weighted by atomic mass is 32.1. The first-order chi connectivity index (χ1) is 24.8. The van der Waals surface area contributed by atoms with E-state index in [1.807, 2.05) is 53.9 Å². The Hall–Kier alpha value is -6.43. The van der Waals surface area contributed by atoms with E-state index in [-0.39, 0.29) is 0 Å². The van der Waals surface area contributed by atoms with Gasteiger partial charge >= 0.3 is 0 Å². The van der Waals surface area contributed by atoms with E-state index in [0.29, 0.717) is 5.82 Å². The summed E-state index contributed by atoms with van der Waals surface area (Å²) in [6.45, 7) is 0. The van der Waals surface area contributed by atoms with E-state index >= 15 is 0 Å². The molecule has 10 rings (SSSR count). The van der Waals surface area contributed by atoms with E-state index in [1.54, 1.807) is 6.20 Å². The van der Waals surface area contributed by atoms with Crippen LogP contribution in [0.2, 0.25) is 0 Å². The van der Waals surface area contributed by atoms with Gasteiger partial charge in [-0.05, 0) is 47.0 Å². The normalized spacial score (nSPS) is 11.6. The zero-order valence-electron chi connectivity index (χ0n) is 26.7. The fourth-order valence-electron chi connectivity index (χ4n) is 7.03. The topological polar surface area (TPSA) is 51.8 Å². The summed E-state index contributed by atoms with van der Waals surface area (Å²) in [7, 11) is 0. The van der Waals surface area contributed by atoms with E-state index in [1.165, 1.54) is 25.7 Å². The number of furan rings is 1. The van der Waals surface area contributed by atoms with Crippen LogP contribution in [-0.2, 0) is 0 Å². The molecule has 5 heteroatoms. The monoisotopic (exact) mass is 657 g/mol. The number of aromatic nitrogens is 3. The average Bonchev–Trinajstić information content (AvgIpc) is 3.78. The Morgan fingerprint density at radius 1 is 0.480 bits per heavy atom. The van der Waals surface area contributed by atoms with E-state index in [2.05, 4.69) is 120 Å². The molecule has 0 aliphatic carbocycles. The lowest BCUT2D eigenvalue weighted by atomic mass is 9.94. The van der Waals surface area contributed by atoms with E-state index in [9.17, 15) is 0 Å². The van der Waals surface area contributed by atoms with E-state index in [4.69, 9.17) is 14.4 Å². The molecular formula is C45H27N3OS. The summed E-state index contributed by atoms with van der Waals surface area (Å²) in [5, 5.41) is 4.73. The third kappa shape index (κ3) is 4.71. The summed E-state index contributed by atoms with van der Waals surface area (Å²) >= 11 is 1.84. The first kappa shape index (κ1) is 28.6. The van der Waals surface area contributed by atoms with Crippen LogP contribution in [0.1, 0.15) is 0 Å². The molecule has 234 valence electrons. The summed E-state index contributed by atoms with van der Waals surface area (Å²) in [6.07, 6.45) is 3.68. The molecule has 0 fully saturated rings. The number of pyridine rings is 1. The number of rotatable bonds is 5. The van der Waals surface area contributed by atoms with Gasteiger partial charge in [-0.15, -0.1) is 11.3 Å². The van der Waals surface area contributed by atoms with Crippen LogP contribution in [0.4, 0.5) is 0 Å². The van der Waals surface area contributed by atoms with Crippen molar-refractivity contribution in [2.75, 3.05) is 0 Å². The molecule has 0 amide bonds. The smallest absolute Gasteiger partial charge is 0.160 e. The van der Waals surface area contributed by atoms with Crippen LogP contribution >= 0.6 is 11.3 Å². The third-order valence-electron chi connectivity index (χ3n) is 9.43. The van der Waals surface area contributed by atoms with Crippen LogP contribution in [0.5, 0.6) is 0 Å². The molecular weight excluding hydrogens is 631 g/mol. The van der Waals surface area contributed by atoms with Gasteiger partial charge in [0.1, 0.15) is 11.2 Å². The van der Waals surface area contributed by atoms with Crippen molar-refractivity contribution >= 4 is 53.4 Å². The third-order valence-corrected chi connectivity index (χ3v) is 10.7. The van der Waals surface area contributed by atoms with E-state index < -0.39 is 0 Å². The van der Waals surface area contributed by atoms with Gasteiger partial charge in [0, 0.05) is 65.6 Å². The number of para-hydroxylation sites is 1. The molecule has 0 spiro atoms. The highest BCUT2D eigenvalue weighted by molar-refractivity contribution is 7.26. The van der Waals surface area contributed by atoms with Crippen LogP contribution in [0.25, 0.3) is 98.3 Å². The molecule has 4 aromatic heterocycles. The second-order valence-corrected chi connectivity index (χ2v) is 13.4. The number of benzene rings is 6. The minimum Gasteiger partial charge on any atom is -0.455 e. The van der Waals surface area contributed by atoms with Crippen LogP contribution < -0.4 is 0 Å². The second-order valence-electron chi connectivity index (χ2n) is 12.4. The van der Waals surface area contributed by atoms with Gasteiger partial charge in [0.25, 0.3) is 0 Å².